The van der Waals surface area contributed by atoms with Gasteiger partial charge in [0.15, 0.2) is 5.69 Å². The highest BCUT2D eigenvalue weighted by Crippen LogP contribution is 2.05. The summed E-state index contributed by atoms with van der Waals surface area (Å²) in [5, 5.41) is 10.7. The Morgan fingerprint density at radius 2 is 2.24 bits per heavy atom. The normalized spacial score (nSPS) is 12.1. The number of hydrogen-bond acceptors (Lipinski definition) is 5. The van der Waals surface area contributed by atoms with E-state index >= 15 is 0 Å². The fourth-order valence-electron chi connectivity index (χ4n) is 1.34. The number of carbonyl (C=O) groups is 1. The van der Waals surface area contributed by atoms with E-state index in [9.17, 15) is 4.79 Å². The molecule has 0 aromatic carbocycles. The summed E-state index contributed by atoms with van der Waals surface area (Å²) in [6.07, 6.45) is 2.11. The number of carbonyl (C=O) groups excluding carboxylic acids is 1. The molecule has 0 bridgehead atoms. The molecule has 0 saturated carbocycles. The minimum Gasteiger partial charge on any atom is -0.369 e. The molecule has 0 radical (unpaired) electrons. The molecule has 1 atom stereocenters. The lowest BCUT2D eigenvalue weighted by Gasteiger charge is -2.08. The number of aromatic nitrogens is 2. The molecule has 1 heterocycles. The average Bonchev–Trinajstić information content (AvgIpc) is 2.34. The van der Waals surface area contributed by atoms with Crippen LogP contribution in [0.3, 0.4) is 0 Å². The van der Waals surface area contributed by atoms with E-state index < -0.39 is 5.91 Å². The highest BCUT2D eigenvalue weighted by Gasteiger charge is 2.03. The quantitative estimate of drug-likeness (QED) is 0.594. The Labute approximate surface area is 101 Å². The van der Waals surface area contributed by atoms with Crippen molar-refractivity contribution in [3.63, 3.8) is 0 Å². The Morgan fingerprint density at radius 3 is 2.76 bits per heavy atom. The first-order chi connectivity index (χ1) is 8.13. The van der Waals surface area contributed by atoms with E-state index in [0.717, 1.165) is 19.4 Å². The fourth-order valence-corrected chi connectivity index (χ4v) is 1.34. The Morgan fingerprint density at radius 1 is 1.47 bits per heavy atom. The van der Waals surface area contributed by atoms with Crippen molar-refractivity contribution in [1.29, 1.82) is 0 Å². The zero-order valence-corrected chi connectivity index (χ0v) is 10.0. The van der Waals surface area contributed by atoms with Crippen molar-refractivity contribution in [3.8, 4) is 0 Å². The lowest BCUT2D eigenvalue weighted by Crippen LogP contribution is -2.15. The van der Waals surface area contributed by atoms with Crippen molar-refractivity contribution in [2.24, 2.45) is 17.4 Å². The number of nitrogens with zero attached hydrogens (tertiary/aromatic N) is 2. The highest BCUT2D eigenvalue weighted by molar-refractivity contribution is 5.90. The zero-order valence-electron chi connectivity index (χ0n) is 10.0. The smallest absolute Gasteiger partial charge is 0.269 e. The van der Waals surface area contributed by atoms with E-state index in [-0.39, 0.29) is 5.69 Å². The summed E-state index contributed by atoms with van der Waals surface area (Å²) in [6.45, 7) is 3.66. The van der Waals surface area contributed by atoms with Gasteiger partial charge >= 0.3 is 0 Å². The molecule has 1 aromatic rings. The molecule has 0 saturated heterocycles. The highest BCUT2D eigenvalue weighted by atomic mass is 16.1. The largest absolute Gasteiger partial charge is 0.369 e. The molecule has 1 aromatic heterocycles. The molecule has 6 heteroatoms. The van der Waals surface area contributed by atoms with E-state index in [1.54, 1.807) is 12.1 Å². The first kappa shape index (κ1) is 13.4. The SMILES string of the molecule is CC(CN)CCCNc1ccc(C(N)=O)nn1. The van der Waals surface area contributed by atoms with Gasteiger partial charge in [0.25, 0.3) is 5.91 Å². The van der Waals surface area contributed by atoms with E-state index in [4.69, 9.17) is 11.5 Å². The number of hydrogen-bond donors (Lipinski definition) is 3. The molecular formula is C11H19N5O. The molecule has 0 aliphatic heterocycles. The van der Waals surface area contributed by atoms with E-state index in [0.29, 0.717) is 18.3 Å². The zero-order chi connectivity index (χ0) is 12.7. The number of nitrogens with two attached hydrogens (primary N) is 2. The van der Waals surface area contributed by atoms with Gasteiger partial charge in [-0.2, -0.15) is 0 Å². The maximum atomic E-state index is 10.8. The number of rotatable bonds is 7. The van der Waals surface area contributed by atoms with Crippen LogP contribution >= 0.6 is 0 Å². The third-order valence-electron chi connectivity index (χ3n) is 2.50. The second kappa shape index (κ2) is 6.80. The topological polar surface area (TPSA) is 107 Å². The number of nitrogens with one attached hydrogen (secondary N) is 1. The van der Waals surface area contributed by atoms with E-state index in [1.807, 2.05) is 0 Å². The monoisotopic (exact) mass is 237 g/mol. The minimum absolute atomic E-state index is 0.173. The maximum absolute atomic E-state index is 10.8. The Balaban J connectivity index is 2.30. The van der Waals surface area contributed by atoms with Crippen LogP contribution in [0.1, 0.15) is 30.3 Å². The van der Waals surface area contributed by atoms with Crippen LogP contribution in [0.2, 0.25) is 0 Å². The maximum Gasteiger partial charge on any atom is 0.269 e. The molecule has 0 aliphatic rings. The third-order valence-corrected chi connectivity index (χ3v) is 2.50. The third kappa shape index (κ3) is 4.78. The molecule has 1 unspecified atom stereocenters. The summed E-state index contributed by atoms with van der Waals surface area (Å²) in [5.74, 6) is 0.622. The van der Waals surface area contributed by atoms with Gasteiger partial charge in [-0.25, -0.2) is 0 Å². The van der Waals surface area contributed by atoms with Crippen LogP contribution < -0.4 is 16.8 Å². The minimum atomic E-state index is -0.569. The Hall–Kier alpha value is -1.69. The molecule has 1 rings (SSSR count). The van der Waals surface area contributed by atoms with E-state index in [1.165, 1.54) is 0 Å². The van der Waals surface area contributed by atoms with Gasteiger partial charge in [0.05, 0.1) is 0 Å². The molecule has 94 valence electrons. The molecule has 1 amide bonds. The standard InChI is InChI=1S/C11H19N5O/c1-8(7-12)3-2-6-14-10-5-4-9(11(13)17)15-16-10/h4-5,8H,2-3,6-7,12H2,1H3,(H2,13,17)(H,14,16). The first-order valence-electron chi connectivity index (χ1n) is 5.71. The second-order valence-corrected chi connectivity index (χ2v) is 4.08. The van der Waals surface area contributed by atoms with Crippen molar-refractivity contribution < 1.29 is 4.79 Å². The van der Waals surface area contributed by atoms with Gasteiger partial charge in [-0.1, -0.05) is 6.92 Å². The lowest BCUT2D eigenvalue weighted by atomic mass is 10.1. The number of anilines is 1. The van der Waals surface area contributed by atoms with Crippen molar-refractivity contribution >= 4 is 11.7 Å². The first-order valence-corrected chi connectivity index (χ1v) is 5.71. The molecule has 17 heavy (non-hydrogen) atoms. The number of primary amides is 1. The summed E-state index contributed by atoms with van der Waals surface area (Å²) in [5.41, 5.74) is 10.8. The van der Waals surface area contributed by atoms with Crippen LogP contribution in [0.25, 0.3) is 0 Å². The summed E-state index contributed by atoms with van der Waals surface area (Å²) >= 11 is 0. The molecule has 5 N–H and O–H groups in total. The van der Waals surface area contributed by atoms with Crippen molar-refractivity contribution in [2.45, 2.75) is 19.8 Å². The summed E-state index contributed by atoms with van der Waals surface area (Å²) < 4.78 is 0. The van der Waals surface area contributed by atoms with Crippen LogP contribution in [-0.4, -0.2) is 29.2 Å². The van der Waals surface area contributed by atoms with Gasteiger partial charge in [0, 0.05) is 6.54 Å². The predicted molar refractivity (Wildman–Crippen MR) is 66.5 cm³/mol. The van der Waals surface area contributed by atoms with Gasteiger partial charge in [-0.3, -0.25) is 4.79 Å². The summed E-state index contributed by atoms with van der Waals surface area (Å²) in [6, 6.07) is 3.25. The van der Waals surface area contributed by atoms with Crippen molar-refractivity contribution in [2.75, 3.05) is 18.4 Å². The fraction of sp³-hybridized carbons (Fsp3) is 0.545. The Kier molecular flexibility index (Phi) is 5.35. The average molecular weight is 237 g/mol. The van der Waals surface area contributed by atoms with Gasteiger partial charge in [0.1, 0.15) is 5.82 Å². The molecule has 0 aliphatic carbocycles. The lowest BCUT2D eigenvalue weighted by molar-refractivity contribution is 0.0994. The summed E-state index contributed by atoms with van der Waals surface area (Å²) in [7, 11) is 0. The van der Waals surface area contributed by atoms with Gasteiger partial charge < -0.3 is 16.8 Å². The van der Waals surface area contributed by atoms with E-state index in [2.05, 4.69) is 22.4 Å². The van der Waals surface area contributed by atoms with Crippen LogP contribution in [0.5, 0.6) is 0 Å². The van der Waals surface area contributed by atoms with Gasteiger partial charge in [-0.15, -0.1) is 10.2 Å². The Bertz CT molecular complexity index is 351. The molecule has 0 spiro atoms. The van der Waals surface area contributed by atoms with Crippen LogP contribution in [0.4, 0.5) is 5.82 Å². The van der Waals surface area contributed by atoms with Gasteiger partial charge in [0.2, 0.25) is 0 Å². The van der Waals surface area contributed by atoms with Crippen LogP contribution in [0.15, 0.2) is 12.1 Å². The van der Waals surface area contributed by atoms with Crippen LogP contribution in [0, 0.1) is 5.92 Å². The second-order valence-electron chi connectivity index (χ2n) is 4.08. The van der Waals surface area contributed by atoms with Crippen molar-refractivity contribution in [1.82, 2.24) is 10.2 Å². The molecule has 0 fully saturated rings. The number of amides is 1. The molecular weight excluding hydrogens is 218 g/mol. The van der Waals surface area contributed by atoms with Gasteiger partial charge in [-0.05, 0) is 37.4 Å². The van der Waals surface area contributed by atoms with Crippen LogP contribution in [-0.2, 0) is 0 Å². The predicted octanol–water partition coefficient (Wildman–Crippen LogP) is 0.362. The molecule has 6 nitrogen and oxygen atoms in total. The van der Waals surface area contributed by atoms with Crippen molar-refractivity contribution in [3.05, 3.63) is 17.8 Å². The summed E-state index contributed by atoms with van der Waals surface area (Å²) in [4.78, 5) is 10.8.